The van der Waals surface area contributed by atoms with Crippen LogP contribution in [0.2, 0.25) is 0 Å². The number of allylic oxidation sites excluding steroid dienone is 2. The second-order valence-corrected chi connectivity index (χ2v) is 4.33. The zero-order valence-electron chi connectivity index (χ0n) is 11.6. The van der Waals surface area contributed by atoms with Gasteiger partial charge in [-0.3, -0.25) is 0 Å². The summed E-state index contributed by atoms with van der Waals surface area (Å²) < 4.78 is 21.3. The molecule has 0 unspecified atom stereocenters. The topological polar surface area (TPSA) is 57.2 Å². The Labute approximate surface area is 115 Å². The van der Waals surface area contributed by atoms with Crippen molar-refractivity contribution in [2.75, 3.05) is 52.9 Å². The van der Waals surface area contributed by atoms with Crippen molar-refractivity contribution in [3.8, 4) is 0 Å². The van der Waals surface area contributed by atoms with E-state index >= 15 is 0 Å². The van der Waals surface area contributed by atoms with Gasteiger partial charge in [0.05, 0.1) is 52.0 Å². The van der Waals surface area contributed by atoms with Crippen molar-refractivity contribution < 1.29 is 24.1 Å². The third-order valence-corrected chi connectivity index (χ3v) is 2.74. The number of aliphatic hydroxyl groups excluding tert-OH is 1. The third-order valence-electron chi connectivity index (χ3n) is 2.74. The predicted octanol–water partition coefficient (Wildman–Crippen LogP) is 1.50. The number of ether oxygens (including phenoxy) is 4. The molecule has 0 aromatic rings. The van der Waals surface area contributed by atoms with Gasteiger partial charge in [0.15, 0.2) is 0 Å². The Morgan fingerprint density at radius 2 is 1.47 bits per heavy atom. The highest BCUT2D eigenvalue weighted by molar-refractivity contribution is 4.96. The minimum Gasteiger partial charge on any atom is -0.496 e. The molecule has 1 aliphatic rings. The van der Waals surface area contributed by atoms with E-state index in [2.05, 4.69) is 6.08 Å². The molecule has 5 heteroatoms. The first-order chi connectivity index (χ1) is 9.43. The van der Waals surface area contributed by atoms with Crippen molar-refractivity contribution in [2.24, 2.45) is 0 Å². The molecule has 0 spiro atoms. The van der Waals surface area contributed by atoms with E-state index in [4.69, 9.17) is 24.1 Å². The summed E-state index contributed by atoms with van der Waals surface area (Å²) in [5.74, 6) is 1.12. The van der Waals surface area contributed by atoms with Crippen LogP contribution >= 0.6 is 0 Å². The molecule has 0 radical (unpaired) electrons. The molecular weight excluding hydrogens is 248 g/mol. The van der Waals surface area contributed by atoms with Crippen LogP contribution in [0.3, 0.4) is 0 Å². The Morgan fingerprint density at radius 3 is 2.05 bits per heavy atom. The maximum atomic E-state index is 8.48. The van der Waals surface area contributed by atoms with Crippen molar-refractivity contribution in [1.29, 1.82) is 0 Å². The first-order valence-electron chi connectivity index (χ1n) is 7.09. The Bertz CT molecular complexity index is 230. The molecule has 0 saturated heterocycles. The van der Waals surface area contributed by atoms with Crippen molar-refractivity contribution in [3.63, 3.8) is 0 Å². The van der Waals surface area contributed by atoms with Crippen LogP contribution in [0.5, 0.6) is 0 Å². The van der Waals surface area contributed by atoms with E-state index in [0.29, 0.717) is 46.2 Å². The third kappa shape index (κ3) is 9.90. The van der Waals surface area contributed by atoms with Gasteiger partial charge in [-0.2, -0.15) is 0 Å². The fraction of sp³-hybridized carbons (Fsp3) is 0.857. The van der Waals surface area contributed by atoms with Crippen LogP contribution < -0.4 is 0 Å². The molecular formula is C14H26O5. The molecule has 0 aliphatic heterocycles. The van der Waals surface area contributed by atoms with E-state index in [1.54, 1.807) is 0 Å². The van der Waals surface area contributed by atoms with E-state index in [-0.39, 0.29) is 6.61 Å². The van der Waals surface area contributed by atoms with Gasteiger partial charge >= 0.3 is 0 Å². The fourth-order valence-corrected chi connectivity index (χ4v) is 1.78. The van der Waals surface area contributed by atoms with Crippen molar-refractivity contribution >= 4 is 0 Å². The van der Waals surface area contributed by atoms with Crippen LogP contribution in [0, 0.1) is 0 Å². The quantitative estimate of drug-likeness (QED) is 0.547. The maximum Gasteiger partial charge on any atom is 0.111 e. The highest BCUT2D eigenvalue weighted by atomic mass is 16.6. The molecule has 0 bridgehead atoms. The molecule has 1 aliphatic carbocycles. The summed E-state index contributed by atoms with van der Waals surface area (Å²) in [7, 11) is 0. The number of rotatable bonds is 12. The summed E-state index contributed by atoms with van der Waals surface area (Å²) in [5.41, 5.74) is 0. The molecule has 19 heavy (non-hydrogen) atoms. The van der Waals surface area contributed by atoms with Crippen LogP contribution in [-0.2, 0) is 18.9 Å². The summed E-state index contributed by atoms with van der Waals surface area (Å²) in [6.45, 7) is 3.82. The van der Waals surface area contributed by atoms with Crippen LogP contribution in [-0.4, -0.2) is 58.0 Å². The van der Waals surface area contributed by atoms with Gasteiger partial charge in [0.25, 0.3) is 0 Å². The number of aliphatic hydroxyl groups is 1. The molecule has 0 heterocycles. The Kier molecular flexibility index (Phi) is 10.7. The minimum atomic E-state index is 0.0551. The molecule has 1 rings (SSSR count). The standard InChI is InChI=1S/C14H26O5/c15-6-7-16-8-9-17-10-11-18-12-13-19-14-4-2-1-3-5-14/h4,15H,1-3,5-13H2. The van der Waals surface area contributed by atoms with Crippen LogP contribution in [0.25, 0.3) is 0 Å². The average Bonchev–Trinajstić information content (AvgIpc) is 2.46. The van der Waals surface area contributed by atoms with E-state index in [0.717, 1.165) is 18.6 Å². The summed E-state index contributed by atoms with van der Waals surface area (Å²) in [6.07, 6.45) is 6.90. The smallest absolute Gasteiger partial charge is 0.111 e. The van der Waals surface area contributed by atoms with E-state index in [9.17, 15) is 0 Å². The SMILES string of the molecule is OCCOCCOCCOCCOC1=CCCCC1. The lowest BCUT2D eigenvalue weighted by molar-refractivity contribution is -0.000555. The molecule has 0 aromatic carbocycles. The largest absolute Gasteiger partial charge is 0.496 e. The van der Waals surface area contributed by atoms with E-state index in [1.165, 1.54) is 12.8 Å². The highest BCUT2D eigenvalue weighted by Gasteiger charge is 2.03. The van der Waals surface area contributed by atoms with Gasteiger partial charge in [0, 0.05) is 6.42 Å². The molecule has 0 aromatic heterocycles. The lowest BCUT2D eigenvalue weighted by atomic mass is 10.1. The maximum absolute atomic E-state index is 8.48. The van der Waals surface area contributed by atoms with Crippen molar-refractivity contribution in [2.45, 2.75) is 25.7 Å². The molecule has 0 saturated carbocycles. The summed E-state index contributed by atoms with van der Waals surface area (Å²) in [6, 6.07) is 0. The minimum absolute atomic E-state index is 0.0551. The lowest BCUT2D eigenvalue weighted by Gasteiger charge is -2.14. The molecule has 5 nitrogen and oxygen atoms in total. The van der Waals surface area contributed by atoms with Crippen molar-refractivity contribution in [3.05, 3.63) is 11.8 Å². The zero-order valence-corrected chi connectivity index (χ0v) is 11.6. The Balaban J connectivity index is 1.75. The Morgan fingerprint density at radius 1 is 0.842 bits per heavy atom. The fourth-order valence-electron chi connectivity index (χ4n) is 1.78. The van der Waals surface area contributed by atoms with E-state index < -0.39 is 0 Å². The first-order valence-corrected chi connectivity index (χ1v) is 7.09. The van der Waals surface area contributed by atoms with Gasteiger partial charge in [0.2, 0.25) is 0 Å². The van der Waals surface area contributed by atoms with Crippen LogP contribution in [0.15, 0.2) is 11.8 Å². The van der Waals surface area contributed by atoms with Crippen molar-refractivity contribution in [1.82, 2.24) is 0 Å². The summed E-state index contributed by atoms with van der Waals surface area (Å²) >= 11 is 0. The first kappa shape index (κ1) is 16.4. The average molecular weight is 274 g/mol. The lowest BCUT2D eigenvalue weighted by Crippen LogP contribution is -2.12. The second kappa shape index (κ2) is 12.4. The van der Waals surface area contributed by atoms with Gasteiger partial charge in [-0.1, -0.05) is 0 Å². The summed E-state index contributed by atoms with van der Waals surface area (Å²) in [5, 5.41) is 8.48. The van der Waals surface area contributed by atoms with Gasteiger partial charge < -0.3 is 24.1 Å². The number of hydrogen-bond donors (Lipinski definition) is 1. The molecule has 0 amide bonds. The van der Waals surface area contributed by atoms with Gasteiger partial charge in [-0.05, 0) is 25.3 Å². The van der Waals surface area contributed by atoms with E-state index in [1.807, 2.05) is 0 Å². The predicted molar refractivity (Wildman–Crippen MR) is 72.0 cm³/mol. The number of hydrogen-bond acceptors (Lipinski definition) is 5. The summed E-state index contributed by atoms with van der Waals surface area (Å²) in [4.78, 5) is 0. The zero-order chi connectivity index (χ0) is 13.6. The molecule has 0 atom stereocenters. The second-order valence-electron chi connectivity index (χ2n) is 4.33. The Hall–Kier alpha value is -0.620. The van der Waals surface area contributed by atoms with Gasteiger partial charge in [-0.15, -0.1) is 0 Å². The van der Waals surface area contributed by atoms with Gasteiger partial charge in [0.1, 0.15) is 6.61 Å². The monoisotopic (exact) mass is 274 g/mol. The van der Waals surface area contributed by atoms with Crippen LogP contribution in [0.4, 0.5) is 0 Å². The van der Waals surface area contributed by atoms with Gasteiger partial charge in [-0.25, -0.2) is 0 Å². The molecule has 1 N–H and O–H groups in total. The normalized spacial score (nSPS) is 15.3. The molecule has 112 valence electrons. The van der Waals surface area contributed by atoms with Crippen LogP contribution in [0.1, 0.15) is 25.7 Å². The highest BCUT2D eigenvalue weighted by Crippen LogP contribution is 2.17. The molecule has 0 fully saturated rings.